The van der Waals surface area contributed by atoms with E-state index in [9.17, 15) is 5.26 Å². The molecule has 4 aromatic rings. The van der Waals surface area contributed by atoms with Crippen molar-refractivity contribution in [1.82, 2.24) is 4.98 Å². The summed E-state index contributed by atoms with van der Waals surface area (Å²) in [5.41, 5.74) is 2.84. The van der Waals surface area contributed by atoms with Crippen molar-refractivity contribution in [3.8, 4) is 28.8 Å². The van der Waals surface area contributed by atoms with E-state index in [1.165, 1.54) is 11.3 Å². The largest absolute Gasteiger partial charge is 0.457 e. The number of anilines is 1. The van der Waals surface area contributed by atoms with Crippen LogP contribution in [0, 0.1) is 11.3 Å². The molecule has 0 atom stereocenters. The van der Waals surface area contributed by atoms with Crippen LogP contribution in [0.15, 0.2) is 84.4 Å². The third-order valence-electron chi connectivity index (χ3n) is 4.29. The molecule has 0 fully saturated rings. The van der Waals surface area contributed by atoms with Gasteiger partial charge in [0.25, 0.3) is 0 Å². The Balaban J connectivity index is 1.46. The Morgan fingerprint density at radius 1 is 0.968 bits per heavy atom. The van der Waals surface area contributed by atoms with E-state index in [0.717, 1.165) is 28.4 Å². The van der Waals surface area contributed by atoms with Crippen molar-refractivity contribution in [2.24, 2.45) is 0 Å². The number of thiazole rings is 1. The summed E-state index contributed by atoms with van der Waals surface area (Å²) in [5, 5.41) is 16.2. The quantitative estimate of drug-likeness (QED) is 0.295. The topological polar surface area (TPSA) is 57.9 Å². The molecule has 31 heavy (non-hydrogen) atoms. The van der Waals surface area contributed by atoms with Gasteiger partial charge in [0.15, 0.2) is 0 Å². The summed E-state index contributed by atoms with van der Waals surface area (Å²) in [4.78, 5) is 4.56. The number of nitrogens with one attached hydrogen (secondary N) is 1. The molecule has 1 aromatic heterocycles. The van der Waals surface area contributed by atoms with Gasteiger partial charge in [-0.2, -0.15) is 5.26 Å². The van der Waals surface area contributed by atoms with Gasteiger partial charge in [-0.3, -0.25) is 0 Å². The van der Waals surface area contributed by atoms with Crippen LogP contribution in [0.2, 0.25) is 10.0 Å². The highest BCUT2D eigenvalue weighted by Crippen LogP contribution is 2.31. The van der Waals surface area contributed by atoms with Crippen molar-refractivity contribution in [1.29, 1.82) is 5.26 Å². The van der Waals surface area contributed by atoms with E-state index in [0.29, 0.717) is 20.6 Å². The highest BCUT2D eigenvalue weighted by atomic mass is 35.5. The Morgan fingerprint density at radius 2 is 1.71 bits per heavy atom. The molecule has 0 bridgehead atoms. The molecule has 0 spiro atoms. The number of para-hydroxylation sites is 1. The molecule has 0 radical (unpaired) electrons. The van der Waals surface area contributed by atoms with E-state index in [1.54, 1.807) is 18.3 Å². The van der Waals surface area contributed by atoms with Gasteiger partial charge in [-0.15, -0.1) is 11.3 Å². The van der Waals surface area contributed by atoms with Crippen molar-refractivity contribution < 1.29 is 4.74 Å². The predicted molar refractivity (Wildman–Crippen MR) is 128 cm³/mol. The lowest BCUT2D eigenvalue weighted by molar-refractivity contribution is 0.483. The fourth-order valence-electron chi connectivity index (χ4n) is 2.73. The summed E-state index contributed by atoms with van der Waals surface area (Å²) in [6.45, 7) is 0. The minimum Gasteiger partial charge on any atom is -0.457 e. The van der Waals surface area contributed by atoms with Crippen molar-refractivity contribution in [2.75, 3.05) is 5.32 Å². The smallest absolute Gasteiger partial charge is 0.136 e. The van der Waals surface area contributed by atoms with Crippen LogP contribution < -0.4 is 10.1 Å². The third-order valence-corrected chi connectivity index (χ3v) is 5.90. The van der Waals surface area contributed by atoms with Crippen LogP contribution in [0.25, 0.3) is 16.8 Å². The third kappa shape index (κ3) is 5.25. The summed E-state index contributed by atoms with van der Waals surface area (Å²) in [5.74, 6) is 1.50. The first kappa shape index (κ1) is 21.0. The van der Waals surface area contributed by atoms with Crippen LogP contribution in [0.1, 0.15) is 5.01 Å². The van der Waals surface area contributed by atoms with Gasteiger partial charge in [-0.25, -0.2) is 4.98 Å². The van der Waals surface area contributed by atoms with Gasteiger partial charge in [0, 0.05) is 22.8 Å². The summed E-state index contributed by atoms with van der Waals surface area (Å²) in [7, 11) is 0. The summed E-state index contributed by atoms with van der Waals surface area (Å²) in [6, 6.07) is 24.6. The molecule has 7 heteroatoms. The summed E-state index contributed by atoms with van der Waals surface area (Å²) in [6.07, 6.45) is 1.64. The van der Waals surface area contributed by atoms with Crippen LogP contribution in [0.3, 0.4) is 0 Å². The number of hydrogen-bond acceptors (Lipinski definition) is 5. The highest BCUT2D eigenvalue weighted by molar-refractivity contribution is 7.11. The molecule has 3 aromatic carbocycles. The van der Waals surface area contributed by atoms with Crippen LogP contribution in [0.4, 0.5) is 5.69 Å². The maximum atomic E-state index is 9.58. The second-order valence-electron chi connectivity index (χ2n) is 6.42. The second kappa shape index (κ2) is 9.67. The molecule has 4 rings (SSSR count). The first-order chi connectivity index (χ1) is 15.1. The molecule has 0 saturated carbocycles. The second-order valence-corrected chi connectivity index (χ2v) is 8.09. The lowest BCUT2D eigenvalue weighted by Gasteiger charge is -2.07. The van der Waals surface area contributed by atoms with Gasteiger partial charge < -0.3 is 10.1 Å². The first-order valence-electron chi connectivity index (χ1n) is 9.23. The molecular formula is C24H15Cl2N3OS. The van der Waals surface area contributed by atoms with Gasteiger partial charge in [0.05, 0.1) is 15.7 Å². The van der Waals surface area contributed by atoms with Gasteiger partial charge in [0.1, 0.15) is 28.1 Å². The van der Waals surface area contributed by atoms with Gasteiger partial charge >= 0.3 is 0 Å². The van der Waals surface area contributed by atoms with Gasteiger partial charge in [-0.05, 0) is 48.5 Å². The van der Waals surface area contributed by atoms with E-state index >= 15 is 0 Å². The fourth-order valence-corrected chi connectivity index (χ4v) is 3.82. The minimum absolute atomic E-state index is 0.431. The normalized spacial score (nSPS) is 11.1. The Bertz CT molecular complexity index is 1260. The molecule has 0 aliphatic heterocycles. The number of nitrogens with zero attached hydrogens (tertiary/aromatic N) is 2. The zero-order valence-corrected chi connectivity index (χ0v) is 18.4. The average Bonchev–Trinajstić information content (AvgIpc) is 3.28. The molecule has 1 heterocycles. The highest BCUT2D eigenvalue weighted by Gasteiger charge is 2.10. The first-order valence-corrected chi connectivity index (χ1v) is 10.9. The molecule has 4 nitrogen and oxygen atoms in total. The number of allylic oxidation sites excluding steroid dienone is 1. The molecule has 0 saturated heterocycles. The van der Waals surface area contributed by atoms with Crippen LogP contribution in [-0.2, 0) is 0 Å². The summed E-state index contributed by atoms with van der Waals surface area (Å²) >= 11 is 13.5. The molecular weight excluding hydrogens is 449 g/mol. The average molecular weight is 464 g/mol. The number of halogens is 2. The predicted octanol–water partition coefficient (Wildman–Crippen LogP) is 7.89. The fraction of sp³-hybridized carbons (Fsp3) is 0. The molecule has 0 unspecified atom stereocenters. The number of aromatic nitrogens is 1. The van der Waals surface area contributed by atoms with Crippen molar-refractivity contribution >= 4 is 45.8 Å². The van der Waals surface area contributed by atoms with Gasteiger partial charge in [-0.1, -0.05) is 47.5 Å². The minimum atomic E-state index is 0.431. The maximum absolute atomic E-state index is 9.58. The Labute approximate surface area is 194 Å². The van der Waals surface area contributed by atoms with E-state index < -0.39 is 0 Å². The molecule has 152 valence electrons. The molecule has 0 amide bonds. The molecule has 1 N–H and O–H groups in total. The van der Waals surface area contributed by atoms with Crippen molar-refractivity contribution in [3.05, 3.63) is 99.4 Å². The number of ether oxygens (including phenoxy) is 1. The monoisotopic (exact) mass is 463 g/mol. The summed E-state index contributed by atoms with van der Waals surface area (Å²) < 4.78 is 5.79. The Morgan fingerprint density at radius 3 is 2.42 bits per heavy atom. The zero-order valence-electron chi connectivity index (χ0n) is 16.0. The maximum Gasteiger partial charge on any atom is 0.136 e. The van der Waals surface area contributed by atoms with Gasteiger partial charge in [0.2, 0.25) is 0 Å². The molecule has 0 aliphatic rings. The number of benzene rings is 3. The van der Waals surface area contributed by atoms with E-state index in [2.05, 4.69) is 16.4 Å². The van der Waals surface area contributed by atoms with Crippen LogP contribution in [0.5, 0.6) is 11.5 Å². The van der Waals surface area contributed by atoms with Crippen molar-refractivity contribution in [2.45, 2.75) is 0 Å². The van der Waals surface area contributed by atoms with E-state index in [-0.39, 0.29) is 0 Å². The molecule has 0 aliphatic carbocycles. The van der Waals surface area contributed by atoms with E-state index in [4.69, 9.17) is 27.9 Å². The van der Waals surface area contributed by atoms with Crippen LogP contribution in [-0.4, -0.2) is 4.98 Å². The van der Waals surface area contributed by atoms with Crippen molar-refractivity contribution in [3.63, 3.8) is 0 Å². The number of hydrogen-bond donors (Lipinski definition) is 1. The SMILES string of the molecule is N#C/C(=C\Nc1ccc(Oc2ccccc2)cc1)c1nc(-c2ccc(Cl)c(Cl)c2)cs1. The lowest BCUT2D eigenvalue weighted by atomic mass is 10.2. The number of rotatable bonds is 6. The van der Waals surface area contributed by atoms with E-state index in [1.807, 2.05) is 66.0 Å². The number of nitriles is 1. The standard InChI is InChI=1S/C24H15Cl2N3OS/c25-21-11-6-16(12-22(21)26)23-15-31-24(29-23)17(13-27)14-28-18-7-9-20(10-8-18)30-19-4-2-1-3-5-19/h1-12,14-15,28H/b17-14+. The Kier molecular flexibility index (Phi) is 6.54. The van der Waals surface area contributed by atoms with Crippen LogP contribution >= 0.6 is 34.5 Å². The lowest BCUT2D eigenvalue weighted by Crippen LogP contribution is -1.91. The Hall–Kier alpha value is -3.30. The zero-order chi connectivity index (χ0) is 21.6.